The molecule has 0 radical (unpaired) electrons. The third-order valence-electron chi connectivity index (χ3n) is 1.80. The van der Waals surface area contributed by atoms with Gasteiger partial charge in [-0.05, 0) is 13.0 Å². The molecule has 106 valence electrons. The molecule has 17 heavy (non-hydrogen) atoms. The minimum atomic E-state index is -1.67. The first kappa shape index (κ1) is 19.3. The highest BCUT2D eigenvalue weighted by Gasteiger charge is 2.04. The van der Waals surface area contributed by atoms with Crippen molar-refractivity contribution in [2.75, 3.05) is 54.1 Å². The third-order valence-corrected chi connectivity index (χ3v) is 2.96. The van der Waals surface area contributed by atoms with Crippen LogP contribution in [0, 0.1) is 0 Å². The molecule has 0 aromatic rings. The van der Waals surface area contributed by atoms with E-state index < -0.39 is 9.53 Å². The van der Waals surface area contributed by atoms with Gasteiger partial charge < -0.3 is 29.6 Å². The topological polar surface area (TPSA) is 77.8 Å². The first-order valence-electron chi connectivity index (χ1n) is 5.96. The maximum absolute atomic E-state index is 5.29. The van der Waals surface area contributed by atoms with Gasteiger partial charge in [0.2, 0.25) is 0 Å². The molecule has 0 atom stereocenters. The zero-order valence-corrected chi connectivity index (χ0v) is 12.8. The van der Waals surface area contributed by atoms with Gasteiger partial charge in [0.25, 0.3) is 0 Å². The molecule has 0 fully saturated rings. The van der Waals surface area contributed by atoms with Gasteiger partial charge in [-0.1, -0.05) is 6.92 Å². The summed E-state index contributed by atoms with van der Waals surface area (Å²) >= 11 is 0. The summed E-state index contributed by atoms with van der Waals surface area (Å²) in [6.07, 6.45) is 1.21. The standard InChI is InChI=1S/C7H19N3.C3H10O3Si/c1-2-4-9-6-7-10-5-3-8;1-4-7(5-2)6-3/h9-10H,2-8H2,1H3;7H,1-3H3. The van der Waals surface area contributed by atoms with E-state index in [2.05, 4.69) is 17.6 Å². The lowest BCUT2D eigenvalue weighted by Gasteiger charge is -2.05. The molecule has 0 spiro atoms. The summed E-state index contributed by atoms with van der Waals surface area (Å²) in [4.78, 5) is 0. The van der Waals surface area contributed by atoms with E-state index >= 15 is 0 Å². The Balaban J connectivity index is 0. The quantitative estimate of drug-likeness (QED) is 0.354. The number of rotatable bonds is 10. The van der Waals surface area contributed by atoms with Gasteiger partial charge in [0.05, 0.1) is 0 Å². The van der Waals surface area contributed by atoms with Crippen molar-refractivity contribution >= 4 is 9.53 Å². The van der Waals surface area contributed by atoms with E-state index in [1.54, 1.807) is 21.3 Å². The minimum absolute atomic E-state index is 0.730. The Morgan fingerprint density at radius 1 is 0.882 bits per heavy atom. The molecule has 0 aliphatic carbocycles. The highest BCUT2D eigenvalue weighted by atomic mass is 28.3. The van der Waals surface area contributed by atoms with Crippen molar-refractivity contribution in [2.24, 2.45) is 5.73 Å². The van der Waals surface area contributed by atoms with Crippen LogP contribution in [-0.2, 0) is 13.3 Å². The molecule has 0 saturated carbocycles. The summed E-state index contributed by atoms with van der Waals surface area (Å²) in [5.41, 5.74) is 5.29. The van der Waals surface area contributed by atoms with Gasteiger partial charge in [-0.15, -0.1) is 0 Å². The lowest BCUT2D eigenvalue weighted by atomic mass is 10.4. The molecular formula is C10H29N3O3Si. The number of nitrogens with two attached hydrogens (primary N) is 1. The molecule has 0 heterocycles. The Morgan fingerprint density at radius 3 is 1.65 bits per heavy atom. The fourth-order valence-corrected chi connectivity index (χ4v) is 1.57. The van der Waals surface area contributed by atoms with Gasteiger partial charge in [-0.25, -0.2) is 0 Å². The van der Waals surface area contributed by atoms with Crippen LogP contribution in [0.1, 0.15) is 13.3 Å². The largest absolute Gasteiger partial charge is 0.483 e. The van der Waals surface area contributed by atoms with Crippen LogP contribution in [-0.4, -0.2) is 63.6 Å². The van der Waals surface area contributed by atoms with E-state index in [9.17, 15) is 0 Å². The van der Waals surface area contributed by atoms with E-state index in [0.29, 0.717) is 0 Å². The Bertz CT molecular complexity index is 116. The zero-order valence-electron chi connectivity index (χ0n) is 11.6. The smallest absolute Gasteiger partial charge is 0.379 e. The van der Waals surface area contributed by atoms with Gasteiger partial charge in [-0.2, -0.15) is 0 Å². The summed E-state index contributed by atoms with van der Waals surface area (Å²) < 4.78 is 14.2. The monoisotopic (exact) mass is 267 g/mol. The van der Waals surface area contributed by atoms with Crippen LogP contribution in [0.15, 0.2) is 0 Å². The Kier molecular flexibility index (Phi) is 20.8. The van der Waals surface area contributed by atoms with Crippen molar-refractivity contribution < 1.29 is 13.3 Å². The number of hydrogen-bond donors (Lipinski definition) is 3. The Hall–Kier alpha value is -0.0231. The van der Waals surface area contributed by atoms with E-state index in [0.717, 1.165) is 32.7 Å². The normalized spacial score (nSPS) is 10.2. The Labute approximate surface area is 107 Å². The highest BCUT2D eigenvalue weighted by Crippen LogP contribution is 1.81. The SMILES string of the molecule is CCCNCCNCCN.CO[SiH](OC)OC. The van der Waals surface area contributed by atoms with Gasteiger partial charge in [0.1, 0.15) is 0 Å². The molecule has 0 amide bonds. The Morgan fingerprint density at radius 2 is 1.35 bits per heavy atom. The average Bonchev–Trinajstić information content (AvgIpc) is 2.37. The third kappa shape index (κ3) is 18.5. The number of nitrogens with one attached hydrogen (secondary N) is 2. The predicted molar refractivity (Wildman–Crippen MR) is 73.3 cm³/mol. The second kappa shape index (κ2) is 18.3. The summed E-state index contributed by atoms with van der Waals surface area (Å²) in [5, 5.41) is 6.50. The van der Waals surface area contributed by atoms with Crippen LogP contribution in [0.3, 0.4) is 0 Å². The maximum Gasteiger partial charge on any atom is 0.483 e. The molecule has 7 heteroatoms. The summed E-state index contributed by atoms with van der Waals surface area (Å²) in [6, 6.07) is 0. The predicted octanol–water partition coefficient (Wildman–Crippen LogP) is -0.823. The molecule has 6 nitrogen and oxygen atoms in total. The number of hydrogen-bond acceptors (Lipinski definition) is 6. The minimum Gasteiger partial charge on any atom is -0.379 e. The second-order valence-corrected chi connectivity index (χ2v) is 5.28. The van der Waals surface area contributed by atoms with Crippen molar-refractivity contribution in [2.45, 2.75) is 13.3 Å². The van der Waals surface area contributed by atoms with Crippen molar-refractivity contribution in [3.63, 3.8) is 0 Å². The van der Waals surface area contributed by atoms with E-state index in [1.165, 1.54) is 6.42 Å². The van der Waals surface area contributed by atoms with Crippen LogP contribution < -0.4 is 16.4 Å². The van der Waals surface area contributed by atoms with Crippen LogP contribution in [0.5, 0.6) is 0 Å². The molecule has 0 aliphatic heterocycles. The second-order valence-electron chi connectivity index (χ2n) is 3.28. The molecule has 0 unspecified atom stereocenters. The van der Waals surface area contributed by atoms with Crippen molar-refractivity contribution in [1.29, 1.82) is 0 Å². The van der Waals surface area contributed by atoms with E-state index in [4.69, 9.17) is 19.0 Å². The fraction of sp³-hybridized carbons (Fsp3) is 1.00. The molecule has 0 aliphatic rings. The van der Waals surface area contributed by atoms with Gasteiger partial charge in [0, 0.05) is 47.5 Å². The zero-order chi connectivity index (χ0) is 13.4. The fourth-order valence-electron chi connectivity index (χ4n) is 0.994. The van der Waals surface area contributed by atoms with Crippen molar-refractivity contribution in [1.82, 2.24) is 10.6 Å². The van der Waals surface area contributed by atoms with Gasteiger partial charge >= 0.3 is 9.53 Å². The molecule has 4 N–H and O–H groups in total. The van der Waals surface area contributed by atoms with Crippen molar-refractivity contribution in [3.8, 4) is 0 Å². The molecule has 0 bridgehead atoms. The first-order chi connectivity index (χ1) is 8.26. The summed E-state index contributed by atoms with van der Waals surface area (Å²) in [7, 11) is 3.05. The van der Waals surface area contributed by atoms with Crippen LogP contribution in [0.25, 0.3) is 0 Å². The van der Waals surface area contributed by atoms with E-state index in [-0.39, 0.29) is 0 Å². The maximum atomic E-state index is 5.29. The average molecular weight is 267 g/mol. The lowest BCUT2D eigenvalue weighted by molar-refractivity contribution is 0.163. The van der Waals surface area contributed by atoms with Crippen LogP contribution in [0.4, 0.5) is 0 Å². The van der Waals surface area contributed by atoms with Gasteiger partial charge in [-0.3, -0.25) is 0 Å². The molecule has 0 rings (SSSR count). The van der Waals surface area contributed by atoms with Crippen LogP contribution >= 0.6 is 0 Å². The van der Waals surface area contributed by atoms with Gasteiger partial charge in [0.15, 0.2) is 0 Å². The summed E-state index contributed by atoms with van der Waals surface area (Å²) in [6.45, 7) is 7.01. The molecule has 0 aromatic carbocycles. The first-order valence-corrected chi connectivity index (χ1v) is 7.38. The highest BCUT2D eigenvalue weighted by molar-refractivity contribution is 6.36. The van der Waals surface area contributed by atoms with Crippen LogP contribution in [0.2, 0.25) is 0 Å². The van der Waals surface area contributed by atoms with Crippen molar-refractivity contribution in [3.05, 3.63) is 0 Å². The van der Waals surface area contributed by atoms with E-state index in [1.807, 2.05) is 0 Å². The molecule has 0 saturated heterocycles. The molecule has 0 aromatic heterocycles. The molecular weight excluding hydrogens is 238 g/mol. The lowest BCUT2D eigenvalue weighted by Crippen LogP contribution is -2.30. The summed E-state index contributed by atoms with van der Waals surface area (Å²) in [5.74, 6) is 0.